The molecule has 0 unspecified atom stereocenters. The number of carbonyl (C=O) groups excluding carboxylic acids is 2. The van der Waals surface area contributed by atoms with E-state index in [0.717, 1.165) is 6.07 Å². The second-order valence-corrected chi connectivity index (χ2v) is 4.08. The average molecular weight is 267 g/mol. The summed E-state index contributed by atoms with van der Waals surface area (Å²) >= 11 is 0. The quantitative estimate of drug-likeness (QED) is 0.760. The molecule has 0 aromatic heterocycles. The van der Waals surface area contributed by atoms with Crippen molar-refractivity contribution in [2.45, 2.75) is 0 Å². The number of ether oxygens (including phenoxy) is 2. The summed E-state index contributed by atoms with van der Waals surface area (Å²) in [4.78, 5) is 24.2. The number of amides is 1. The van der Waals surface area contributed by atoms with E-state index in [1.54, 1.807) is 4.90 Å². The van der Waals surface area contributed by atoms with Crippen molar-refractivity contribution >= 4 is 12.2 Å². The second-order valence-electron chi connectivity index (χ2n) is 4.08. The molecular formula is C13H14FNO4. The molecule has 19 heavy (non-hydrogen) atoms. The lowest BCUT2D eigenvalue weighted by Crippen LogP contribution is -2.43. The number of nitrogens with zero attached hydrogens (tertiary/aromatic N) is 1. The van der Waals surface area contributed by atoms with Crippen LogP contribution in [0.1, 0.15) is 10.4 Å². The first-order chi connectivity index (χ1) is 9.20. The Labute approximate surface area is 109 Å². The second kappa shape index (κ2) is 6.29. The Morgan fingerprint density at radius 3 is 2.84 bits per heavy atom. The zero-order valence-corrected chi connectivity index (χ0v) is 10.3. The molecule has 0 spiro atoms. The van der Waals surface area contributed by atoms with Crippen molar-refractivity contribution in [1.82, 2.24) is 4.90 Å². The zero-order valence-electron chi connectivity index (χ0n) is 10.3. The van der Waals surface area contributed by atoms with Crippen molar-refractivity contribution in [2.75, 3.05) is 32.9 Å². The zero-order chi connectivity index (χ0) is 13.7. The fourth-order valence-electron chi connectivity index (χ4n) is 1.79. The van der Waals surface area contributed by atoms with E-state index < -0.39 is 5.82 Å². The molecule has 1 saturated heterocycles. The molecule has 0 saturated carbocycles. The summed E-state index contributed by atoms with van der Waals surface area (Å²) in [6, 6.07) is 3.59. The van der Waals surface area contributed by atoms with Crippen LogP contribution in [0, 0.1) is 5.82 Å². The fraction of sp³-hybridized carbons (Fsp3) is 0.385. The van der Waals surface area contributed by atoms with Gasteiger partial charge in [-0.2, -0.15) is 0 Å². The Morgan fingerprint density at radius 2 is 2.16 bits per heavy atom. The number of hydrogen-bond acceptors (Lipinski definition) is 4. The van der Waals surface area contributed by atoms with Gasteiger partial charge in [0.25, 0.3) is 5.91 Å². The van der Waals surface area contributed by atoms with Crippen molar-refractivity contribution in [1.29, 1.82) is 0 Å². The van der Waals surface area contributed by atoms with Crippen LogP contribution >= 0.6 is 0 Å². The molecule has 0 radical (unpaired) electrons. The summed E-state index contributed by atoms with van der Waals surface area (Å²) in [6.45, 7) is 1.93. The number of benzene rings is 1. The molecule has 2 rings (SSSR count). The smallest absolute Gasteiger partial charge is 0.260 e. The Balaban J connectivity index is 1.94. The summed E-state index contributed by atoms with van der Waals surface area (Å²) in [5, 5.41) is 0. The molecule has 0 atom stereocenters. The molecule has 0 aliphatic carbocycles. The van der Waals surface area contributed by atoms with Crippen LogP contribution in [-0.4, -0.2) is 50.0 Å². The molecule has 1 fully saturated rings. The van der Waals surface area contributed by atoms with Crippen LogP contribution in [0.15, 0.2) is 18.2 Å². The van der Waals surface area contributed by atoms with Gasteiger partial charge >= 0.3 is 0 Å². The molecule has 1 aliphatic heterocycles. The van der Waals surface area contributed by atoms with Crippen molar-refractivity contribution < 1.29 is 23.5 Å². The summed E-state index contributed by atoms with van der Waals surface area (Å²) in [5.74, 6) is -0.489. The summed E-state index contributed by atoms with van der Waals surface area (Å²) in [7, 11) is 0. The topological polar surface area (TPSA) is 55.8 Å². The number of hydrogen-bond donors (Lipinski definition) is 0. The average Bonchev–Trinajstić information content (AvgIpc) is 2.46. The van der Waals surface area contributed by atoms with Gasteiger partial charge in [-0.3, -0.25) is 9.59 Å². The van der Waals surface area contributed by atoms with Crippen LogP contribution in [0.5, 0.6) is 5.75 Å². The van der Waals surface area contributed by atoms with Crippen LogP contribution in [0.4, 0.5) is 4.39 Å². The normalized spacial score (nSPS) is 15.1. The van der Waals surface area contributed by atoms with Gasteiger partial charge in [-0.1, -0.05) is 0 Å². The first-order valence-electron chi connectivity index (χ1n) is 5.94. The third kappa shape index (κ3) is 3.51. The first-order valence-corrected chi connectivity index (χ1v) is 5.94. The minimum absolute atomic E-state index is 0.0924. The number of morpholine rings is 1. The minimum atomic E-state index is -0.519. The van der Waals surface area contributed by atoms with Gasteiger partial charge in [0.15, 0.2) is 12.9 Å². The highest BCUT2D eigenvalue weighted by Gasteiger charge is 2.17. The number of halogens is 1. The lowest BCUT2D eigenvalue weighted by Gasteiger charge is -2.26. The maximum Gasteiger partial charge on any atom is 0.260 e. The van der Waals surface area contributed by atoms with E-state index >= 15 is 0 Å². The van der Waals surface area contributed by atoms with E-state index in [0.29, 0.717) is 32.6 Å². The van der Waals surface area contributed by atoms with Gasteiger partial charge in [0.1, 0.15) is 11.6 Å². The van der Waals surface area contributed by atoms with E-state index in [-0.39, 0.29) is 23.8 Å². The number of aldehydes is 1. The van der Waals surface area contributed by atoms with Gasteiger partial charge in [-0.15, -0.1) is 0 Å². The van der Waals surface area contributed by atoms with Gasteiger partial charge < -0.3 is 14.4 Å². The highest BCUT2D eigenvalue weighted by atomic mass is 19.1. The molecule has 1 aliphatic rings. The van der Waals surface area contributed by atoms with E-state index in [9.17, 15) is 14.0 Å². The fourth-order valence-corrected chi connectivity index (χ4v) is 1.79. The van der Waals surface area contributed by atoms with Crippen molar-refractivity contribution in [3.8, 4) is 5.75 Å². The van der Waals surface area contributed by atoms with Crippen molar-refractivity contribution in [2.24, 2.45) is 0 Å². The van der Waals surface area contributed by atoms with Gasteiger partial charge in [-0.05, 0) is 18.2 Å². The molecule has 1 aromatic rings. The highest BCUT2D eigenvalue weighted by Crippen LogP contribution is 2.17. The Morgan fingerprint density at radius 1 is 1.42 bits per heavy atom. The lowest BCUT2D eigenvalue weighted by atomic mass is 10.2. The molecule has 1 aromatic carbocycles. The molecule has 0 bridgehead atoms. The molecule has 0 N–H and O–H groups in total. The highest BCUT2D eigenvalue weighted by molar-refractivity contribution is 5.81. The monoisotopic (exact) mass is 267 g/mol. The molecule has 1 heterocycles. The summed E-state index contributed by atoms with van der Waals surface area (Å²) < 4.78 is 23.3. The molecule has 5 nitrogen and oxygen atoms in total. The van der Waals surface area contributed by atoms with Gasteiger partial charge in [0.2, 0.25) is 0 Å². The summed E-state index contributed by atoms with van der Waals surface area (Å²) in [5.41, 5.74) is 0.0924. The van der Waals surface area contributed by atoms with Gasteiger partial charge in [0, 0.05) is 13.1 Å². The van der Waals surface area contributed by atoms with Crippen LogP contribution in [0.2, 0.25) is 0 Å². The number of carbonyl (C=O) groups is 2. The van der Waals surface area contributed by atoms with E-state index in [1.807, 2.05) is 0 Å². The summed E-state index contributed by atoms with van der Waals surface area (Å²) in [6.07, 6.45) is 0.498. The minimum Gasteiger partial charge on any atom is -0.483 e. The third-order valence-electron chi connectivity index (χ3n) is 2.81. The molecule has 102 valence electrons. The largest absolute Gasteiger partial charge is 0.483 e. The predicted octanol–water partition coefficient (Wildman–Crippen LogP) is 0.876. The Bertz CT molecular complexity index is 472. The molecule has 1 amide bonds. The Kier molecular flexibility index (Phi) is 4.46. The molecule has 6 heteroatoms. The van der Waals surface area contributed by atoms with Gasteiger partial charge in [0.05, 0.1) is 18.8 Å². The first kappa shape index (κ1) is 13.5. The SMILES string of the molecule is O=Cc1cc(F)ccc1OCC(=O)N1CCOCC1. The van der Waals surface area contributed by atoms with E-state index in [4.69, 9.17) is 9.47 Å². The van der Waals surface area contributed by atoms with Crippen molar-refractivity contribution in [3.05, 3.63) is 29.6 Å². The standard InChI is InChI=1S/C13H14FNO4/c14-11-1-2-12(10(7-11)8-16)19-9-13(17)15-3-5-18-6-4-15/h1-2,7-8H,3-6,9H2. The maximum atomic E-state index is 12.9. The van der Waals surface area contributed by atoms with E-state index in [1.165, 1.54) is 12.1 Å². The van der Waals surface area contributed by atoms with Crippen LogP contribution in [-0.2, 0) is 9.53 Å². The molecular weight excluding hydrogens is 253 g/mol. The number of rotatable bonds is 4. The van der Waals surface area contributed by atoms with Crippen LogP contribution < -0.4 is 4.74 Å². The third-order valence-corrected chi connectivity index (χ3v) is 2.81. The van der Waals surface area contributed by atoms with Crippen LogP contribution in [0.3, 0.4) is 0 Å². The maximum absolute atomic E-state index is 12.9. The lowest BCUT2D eigenvalue weighted by molar-refractivity contribution is -0.137. The van der Waals surface area contributed by atoms with Crippen LogP contribution in [0.25, 0.3) is 0 Å². The van der Waals surface area contributed by atoms with E-state index in [2.05, 4.69) is 0 Å². The Hall–Kier alpha value is -1.95. The van der Waals surface area contributed by atoms with Crippen molar-refractivity contribution in [3.63, 3.8) is 0 Å². The predicted molar refractivity (Wildman–Crippen MR) is 64.7 cm³/mol. The van der Waals surface area contributed by atoms with Gasteiger partial charge in [-0.25, -0.2) is 4.39 Å².